The van der Waals surface area contributed by atoms with Crippen molar-refractivity contribution in [1.82, 2.24) is 14.5 Å². The van der Waals surface area contributed by atoms with Crippen molar-refractivity contribution < 1.29 is 0 Å². The van der Waals surface area contributed by atoms with Crippen LogP contribution in [0.25, 0.3) is 5.57 Å². The van der Waals surface area contributed by atoms with Gasteiger partial charge in [-0.3, -0.25) is 4.98 Å². The van der Waals surface area contributed by atoms with E-state index in [0.29, 0.717) is 0 Å². The second-order valence-electron chi connectivity index (χ2n) is 4.76. The van der Waals surface area contributed by atoms with Crippen LogP contribution >= 0.6 is 22.6 Å². The highest BCUT2D eigenvalue weighted by Gasteiger charge is 2.08. The molecule has 104 valence electrons. The number of hydrogen-bond donors (Lipinski definition) is 0. The lowest BCUT2D eigenvalue weighted by Crippen LogP contribution is -2.06. The molecule has 2 rings (SSSR count). The van der Waals surface area contributed by atoms with Gasteiger partial charge in [0, 0.05) is 18.6 Å². The lowest BCUT2D eigenvalue weighted by atomic mass is 10.1. The van der Waals surface area contributed by atoms with Crippen molar-refractivity contribution in [2.45, 2.75) is 26.8 Å². The van der Waals surface area contributed by atoms with Crippen LogP contribution in [0.2, 0.25) is 0 Å². The Morgan fingerprint density at radius 3 is 2.65 bits per heavy atom. The van der Waals surface area contributed by atoms with Gasteiger partial charge in [-0.25, -0.2) is 4.98 Å². The minimum atomic E-state index is 0.201. The molecule has 0 radical (unpaired) electrons. The molecule has 2 aromatic heterocycles. The van der Waals surface area contributed by atoms with E-state index in [1.807, 2.05) is 23.3 Å². The maximum atomic E-state index is 4.57. The van der Waals surface area contributed by atoms with E-state index >= 15 is 0 Å². The first-order chi connectivity index (χ1) is 9.58. The third-order valence-corrected chi connectivity index (χ3v) is 3.56. The highest BCUT2D eigenvalue weighted by atomic mass is 127. The maximum Gasteiger partial charge on any atom is 0.0952 e. The molecule has 2 heterocycles. The Balaban J connectivity index is 2.18. The van der Waals surface area contributed by atoms with Gasteiger partial charge >= 0.3 is 0 Å². The predicted molar refractivity (Wildman–Crippen MR) is 91.7 cm³/mol. The number of nitrogens with zero attached hydrogens (tertiary/aromatic N) is 3. The number of aromatic nitrogens is 3. The molecular weight excluding hydrogens is 361 g/mol. The van der Waals surface area contributed by atoms with Crippen LogP contribution in [0.15, 0.2) is 52.8 Å². The molecule has 0 fully saturated rings. The number of rotatable bonds is 4. The normalized spacial score (nSPS) is 14.4. The first kappa shape index (κ1) is 15.0. The number of halogens is 1. The van der Waals surface area contributed by atoms with E-state index in [9.17, 15) is 0 Å². The molecule has 0 aliphatic heterocycles. The molecule has 0 saturated carbocycles. The molecule has 0 aliphatic carbocycles. The Labute approximate surface area is 133 Å². The molecular formula is C16H18IN3. The molecule has 2 aromatic rings. The van der Waals surface area contributed by atoms with Crippen molar-refractivity contribution >= 4 is 28.2 Å². The van der Waals surface area contributed by atoms with Crippen LogP contribution in [0, 0.1) is 0 Å². The zero-order valence-electron chi connectivity index (χ0n) is 11.9. The van der Waals surface area contributed by atoms with Gasteiger partial charge in [0.15, 0.2) is 0 Å². The van der Waals surface area contributed by atoms with Gasteiger partial charge < -0.3 is 4.57 Å². The van der Waals surface area contributed by atoms with Crippen molar-refractivity contribution in [1.29, 1.82) is 0 Å². The second kappa shape index (κ2) is 6.83. The van der Waals surface area contributed by atoms with Crippen LogP contribution in [0.4, 0.5) is 0 Å². The van der Waals surface area contributed by atoms with Crippen molar-refractivity contribution in [3.63, 3.8) is 0 Å². The smallest absolute Gasteiger partial charge is 0.0952 e. The molecule has 0 amide bonds. The lowest BCUT2D eigenvalue weighted by Gasteiger charge is -2.12. The summed E-state index contributed by atoms with van der Waals surface area (Å²) in [5.74, 6) is 0. The number of imidazole rings is 1. The van der Waals surface area contributed by atoms with Gasteiger partial charge in [-0.05, 0) is 64.1 Å². The highest BCUT2D eigenvalue weighted by Crippen LogP contribution is 2.19. The Bertz CT molecular complexity index is 606. The fraction of sp³-hybridized carbons (Fsp3) is 0.250. The van der Waals surface area contributed by atoms with Crippen molar-refractivity contribution in [3.8, 4) is 0 Å². The molecule has 0 bridgehead atoms. The van der Waals surface area contributed by atoms with Gasteiger partial charge in [0.25, 0.3) is 0 Å². The Morgan fingerprint density at radius 2 is 2.10 bits per heavy atom. The average molecular weight is 379 g/mol. The first-order valence-electron chi connectivity index (χ1n) is 6.52. The molecule has 0 saturated heterocycles. The second-order valence-corrected chi connectivity index (χ2v) is 6.46. The third-order valence-electron chi connectivity index (χ3n) is 3.20. The van der Waals surface area contributed by atoms with E-state index in [1.54, 1.807) is 6.20 Å². The molecule has 0 aliphatic rings. The summed E-state index contributed by atoms with van der Waals surface area (Å²) in [7, 11) is 0. The summed E-state index contributed by atoms with van der Waals surface area (Å²) < 4.78 is 3.31. The fourth-order valence-corrected chi connectivity index (χ4v) is 2.05. The highest BCUT2D eigenvalue weighted by molar-refractivity contribution is 14.1. The van der Waals surface area contributed by atoms with Gasteiger partial charge in [-0.15, -0.1) is 0 Å². The van der Waals surface area contributed by atoms with E-state index in [1.165, 1.54) is 9.15 Å². The topological polar surface area (TPSA) is 30.7 Å². The van der Waals surface area contributed by atoms with Crippen LogP contribution in [0.1, 0.15) is 38.1 Å². The quantitative estimate of drug-likeness (QED) is 0.573. The van der Waals surface area contributed by atoms with Crippen LogP contribution in [-0.4, -0.2) is 14.5 Å². The van der Waals surface area contributed by atoms with Crippen LogP contribution < -0.4 is 0 Å². The Morgan fingerprint density at radius 1 is 1.30 bits per heavy atom. The lowest BCUT2D eigenvalue weighted by molar-refractivity contribution is 0.620. The number of hydrogen-bond acceptors (Lipinski definition) is 2. The van der Waals surface area contributed by atoms with E-state index in [0.717, 1.165) is 11.3 Å². The van der Waals surface area contributed by atoms with Crippen LogP contribution in [-0.2, 0) is 0 Å². The third kappa shape index (κ3) is 3.79. The summed E-state index contributed by atoms with van der Waals surface area (Å²) >= 11 is 2.31. The van der Waals surface area contributed by atoms with Gasteiger partial charge in [-0.1, -0.05) is 18.2 Å². The Hall–Kier alpha value is -1.43. The molecule has 1 unspecified atom stereocenters. The Kier molecular flexibility index (Phi) is 5.11. The molecule has 3 nitrogen and oxygen atoms in total. The summed E-state index contributed by atoms with van der Waals surface area (Å²) in [6.07, 6.45) is 11.7. The molecule has 0 spiro atoms. The number of allylic oxidation sites excluding steroid dienone is 4. The minimum absolute atomic E-state index is 0.201. The minimum Gasteiger partial charge on any atom is -0.329 e. The summed E-state index contributed by atoms with van der Waals surface area (Å²) in [6, 6.07) is 4.41. The summed E-state index contributed by atoms with van der Waals surface area (Å²) in [5, 5.41) is 0. The van der Waals surface area contributed by atoms with Crippen molar-refractivity contribution in [2.75, 3.05) is 0 Å². The summed E-state index contributed by atoms with van der Waals surface area (Å²) in [5.41, 5.74) is 3.41. The molecule has 0 N–H and O–H groups in total. The van der Waals surface area contributed by atoms with Gasteiger partial charge in [0.2, 0.25) is 0 Å². The standard InChI is InChI=1S/C16H18IN3/c1-12(4-5-13(2)17)15-6-7-16(19-10-15)14(3)20-9-8-18-11-20/h4-11,14H,1-3H3/b12-4+,13-5+. The average Bonchev–Trinajstić information content (AvgIpc) is 2.98. The van der Waals surface area contributed by atoms with Gasteiger partial charge in [0.05, 0.1) is 18.1 Å². The van der Waals surface area contributed by atoms with Gasteiger partial charge in [-0.2, -0.15) is 0 Å². The zero-order chi connectivity index (χ0) is 14.5. The summed E-state index contributed by atoms with van der Waals surface area (Å²) in [6.45, 7) is 6.30. The maximum absolute atomic E-state index is 4.57. The molecule has 20 heavy (non-hydrogen) atoms. The van der Waals surface area contributed by atoms with Crippen LogP contribution in [0.3, 0.4) is 0 Å². The SMILES string of the molecule is C/C(I)=C\C=C(/C)c1ccc(C(C)n2ccnc2)nc1. The number of pyridine rings is 1. The largest absolute Gasteiger partial charge is 0.329 e. The van der Waals surface area contributed by atoms with Crippen molar-refractivity contribution in [2.24, 2.45) is 0 Å². The zero-order valence-corrected chi connectivity index (χ0v) is 14.1. The molecule has 0 aromatic carbocycles. The molecule has 4 heteroatoms. The molecule has 1 atom stereocenters. The first-order valence-corrected chi connectivity index (χ1v) is 7.60. The van der Waals surface area contributed by atoms with Crippen molar-refractivity contribution in [3.05, 3.63) is 64.0 Å². The van der Waals surface area contributed by atoms with E-state index in [-0.39, 0.29) is 6.04 Å². The fourth-order valence-electron chi connectivity index (χ4n) is 1.87. The van der Waals surface area contributed by atoms with E-state index < -0.39 is 0 Å². The summed E-state index contributed by atoms with van der Waals surface area (Å²) in [4.78, 5) is 8.65. The van der Waals surface area contributed by atoms with Crippen LogP contribution in [0.5, 0.6) is 0 Å². The van der Waals surface area contributed by atoms with Gasteiger partial charge in [0.1, 0.15) is 0 Å². The predicted octanol–water partition coefficient (Wildman–Crippen LogP) is 4.63. The monoisotopic (exact) mass is 379 g/mol. The van der Waals surface area contributed by atoms with E-state index in [2.05, 4.69) is 77.6 Å². The van der Waals surface area contributed by atoms with E-state index in [4.69, 9.17) is 0 Å².